The molecule has 2 aromatic heterocycles. The monoisotopic (exact) mass is 413 g/mol. The van der Waals surface area contributed by atoms with Crippen LogP contribution in [-0.4, -0.2) is 25.8 Å². The van der Waals surface area contributed by atoms with Crippen molar-refractivity contribution < 1.29 is 9.53 Å². The number of para-hydroxylation sites is 3. The number of hydrogen-bond donors (Lipinski definition) is 2. The van der Waals surface area contributed by atoms with E-state index in [0.717, 1.165) is 0 Å². The zero-order valence-corrected chi connectivity index (χ0v) is 16.7. The molecule has 0 saturated carbocycles. The third kappa shape index (κ3) is 4.81. The first-order valence-corrected chi connectivity index (χ1v) is 9.59. The van der Waals surface area contributed by atoms with Crippen LogP contribution in [0.5, 0.6) is 11.5 Å². The van der Waals surface area contributed by atoms with Crippen molar-refractivity contribution in [2.75, 3.05) is 5.32 Å². The summed E-state index contributed by atoms with van der Waals surface area (Å²) >= 11 is 0. The van der Waals surface area contributed by atoms with Crippen LogP contribution >= 0.6 is 0 Å². The van der Waals surface area contributed by atoms with Crippen LogP contribution in [0.1, 0.15) is 11.3 Å². The Hall–Kier alpha value is -4.33. The van der Waals surface area contributed by atoms with Crippen LogP contribution in [0.15, 0.2) is 77.9 Å². The van der Waals surface area contributed by atoms with Gasteiger partial charge in [0.25, 0.3) is 5.56 Å². The number of rotatable bonds is 6. The highest BCUT2D eigenvalue weighted by molar-refractivity contribution is 5.93. The van der Waals surface area contributed by atoms with Gasteiger partial charge in [-0.1, -0.05) is 30.3 Å². The first kappa shape index (κ1) is 20.0. The molecule has 0 unspecified atom stereocenters. The number of nitrogens with one attached hydrogen (secondary N) is 2. The van der Waals surface area contributed by atoms with Gasteiger partial charge in [0.1, 0.15) is 5.75 Å². The number of carbonyl (C=O) groups is 1. The van der Waals surface area contributed by atoms with E-state index in [-0.39, 0.29) is 23.7 Å². The van der Waals surface area contributed by atoms with Crippen LogP contribution in [0.3, 0.4) is 0 Å². The number of carbonyl (C=O) groups excluding carboxylic acids is 1. The summed E-state index contributed by atoms with van der Waals surface area (Å²) in [4.78, 5) is 40.4. The van der Waals surface area contributed by atoms with Crippen LogP contribution in [0.4, 0.5) is 5.69 Å². The highest BCUT2D eigenvalue weighted by atomic mass is 16.5. The smallest absolute Gasteiger partial charge is 0.255 e. The van der Waals surface area contributed by atoms with Crippen LogP contribution < -0.4 is 15.6 Å². The van der Waals surface area contributed by atoms with E-state index in [4.69, 9.17) is 4.74 Å². The van der Waals surface area contributed by atoms with E-state index in [2.05, 4.69) is 25.3 Å². The fourth-order valence-electron chi connectivity index (χ4n) is 2.98. The highest BCUT2D eigenvalue weighted by Crippen LogP contribution is 2.29. The van der Waals surface area contributed by atoms with Crippen molar-refractivity contribution in [2.45, 2.75) is 13.3 Å². The predicted octanol–water partition coefficient (Wildman–Crippen LogP) is 3.51. The molecule has 4 rings (SSSR count). The van der Waals surface area contributed by atoms with Gasteiger partial charge in [-0.25, -0.2) is 15.0 Å². The largest absolute Gasteiger partial charge is 0.455 e. The molecule has 0 aliphatic carbocycles. The van der Waals surface area contributed by atoms with E-state index in [9.17, 15) is 9.59 Å². The number of benzene rings is 2. The van der Waals surface area contributed by atoms with Crippen molar-refractivity contribution in [3.8, 4) is 23.1 Å². The molecule has 0 aliphatic heterocycles. The molecule has 0 radical (unpaired) electrons. The lowest BCUT2D eigenvalue weighted by Gasteiger charge is -2.12. The van der Waals surface area contributed by atoms with Gasteiger partial charge in [-0.3, -0.25) is 9.59 Å². The number of aromatic amines is 1. The summed E-state index contributed by atoms with van der Waals surface area (Å²) in [6.07, 6.45) is 2.99. The fraction of sp³-hybridized carbons (Fsp3) is 0.0870. The van der Waals surface area contributed by atoms with Crippen LogP contribution in [0, 0.1) is 6.92 Å². The van der Waals surface area contributed by atoms with E-state index >= 15 is 0 Å². The zero-order chi connectivity index (χ0) is 21.6. The Morgan fingerprint density at radius 1 is 1.00 bits per heavy atom. The Labute approximate surface area is 178 Å². The molecule has 1 amide bonds. The number of aromatic nitrogens is 4. The van der Waals surface area contributed by atoms with Gasteiger partial charge < -0.3 is 15.0 Å². The molecular formula is C23H19N5O3. The molecule has 31 heavy (non-hydrogen) atoms. The Balaban J connectivity index is 1.52. The molecule has 2 N–H and O–H groups in total. The quantitative estimate of drug-likeness (QED) is 0.501. The van der Waals surface area contributed by atoms with Crippen molar-refractivity contribution in [3.63, 3.8) is 0 Å². The van der Waals surface area contributed by atoms with Crippen molar-refractivity contribution in [2.24, 2.45) is 0 Å². The molecular weight excluding hydrogens is 394 g/mol. The summed E-state index contributed by atoms with van der Waals surface area (Å²) in [5.74, 6) is 1.37. The summed E-state index contributed by atoms with van der Waals surface area (Å²) < 4.78 is 5.86. The maximum Gasteiger partial charge on any atom is 0.255 e. The summed E-state index contributed by atoms with van der Waals surface area (Å²) in [6, 6.07) is 18.1. The van der Waals surface area contributed by atoms with Gasteiger partial charge in [-0.05, 0) is 37.3 Å². The second-order valence-electron chi connectivity index (χ2n) is 6.69. The lowest BCUT2D eigenvalue weighted by atomic mass is 10.1. The van der Waals surface area contributed by atoms with Crippen LogP contribution in [-0.2, 0) is 11.2 Å². The minimum absolute atomic E-state index is 0.135. The van der Waals surface area contributed by atoms with Crippen molar-refractivity contribution in [1.82, 2.24) is 19.9 Å². The molecule has 0 atom stereocenters. The van der Waals surface area contributed by atoms with E-state index < -0.39 is 5.56 Å². The van der Waals surface area contributed by atoms with Gasteiger partial charge in [0.2, 0.25) is 5.91 Å². The fourth-order valence-corrected chi connectivity index (χ4v) is 2.98. The van der Waals surface area contributed by atoms with Gasteiger partial charge >= 0.3 is 0 Å². The normalized spacial score (nSPS) is 10.5. The average molecular weight is 413 g/mol. The minimum atomic E-state index is -0.404. The van der Waals surface area contributed by atoms with Gasteiger partial charge in [0.15, 0.2) is 17.4 Å². The van der Waals surface area contributed by atoms with Gasteiger partial charge in [0.05, 0.1) is 12.1 Å². The molecule has 0 aliphatic rings. The molecule has 2 aromatic carbocycles. The summed E-state index contributed by atoms with van der Waals surface area (Å²) in [5.41, 5.74) is 0.820. The van der Waals surface area contributed by atoms with Gasteiger partial charge in [-0.15, -0.1) is 0 Å². The number of hydrogen-bond acceptors (Lipinski definition) is 6. The Morgan fingerprint density at radius 3 is 2.45 bits per heavy atom. The Bertz CT molecular complexity index is 1260. The molecule has 0 spiro atoms. The number of nitrogens with zero attached hydrogens (tertiary/aromatic N) is 3. The number of ether oxygens (including phenoxy) is 1. The number of anilines is 1. The molecule has 0 fully saturated rings. The standard InChI is InChI=1S/C23H19N5O3/c1-15-17(23(30)28-22(26-15)21-24-12-7-13-25-21)14-20(29)27-18-10-5-6-11-19(18)31-16-8-3-2-4-9-16/h2-13H,14H2,1H3,(H,27,29)(H,26,28,30). The molecule has 154 valence electrons. The second-order valence-corrected chi connectivity index (χ2v) is 6.69. The maximum absolute atomic E-state index is 12.7. The Kier molecular flexibility index (Phi) is 5.79. The highest BCUT2D eigenvalue weighted by Gasteiger charge is 2.16. The van der Waals surface area contributed by atoms with Crippen molar-refractivity contribution in [3.05, 3.63) is 94.7 Å². The molecule has 8 nitrogen and oxygen atoms in total. The Morgan fingerprint density at radius 2 is 1.71 bits per heavy atom. The molecule has 0 saturated heterocycles. The SMILES string of the molecule is Cc1nc(-c2ncccn2)[nH]c(=O)c1CC(=O)Nc1ccccc1Oc1ccccc1. The maximum atomic E-state index is 12.7. The predicted molar refractivity (Wildman–Crippen MR) is 116 cm³/mol. The van der Waals surface area contributed by atoms with Crippen molar-refractivity contribution in [1.29, 1.82) is 0 Å². The molecule has 2 heterocycles. The zero-order valence-electron chi connectivity index (χ0n) is 16.7. The third-order valence-electron chi connectivity index (χ3n) is 4.47. The van der Waals surface area contributed by atoms with E-state index in [1.54, 1.807) is 43.6 Å². The molecule has 0 bridgehead atoms. The topological polar surface area (TPSA) is 110 Å². The first-order chi connectivity index (χ1) is 15.1. The van der Waals surface area contributed by atoms with Crippen LogP contribution in [0.25, 0.3) is 11.6 Å². The summed E-state index contributed by atoms with van der Waals surface area (Å²) in [6.45, 7) is 1.68. The third-order valence-corrected chi connectivity index (χ3v) is 4.47. The van der Waals surface area contributed by atoms with E-state index in [1.165, 1.54) is 0 Å². The van der Waals surface area contributed by atoms with Crippen LogP contribution in [0.2, 0.25) is 0 Å². The molecule has 4 aromatic rings. The number of aryl methyl sites for hydroxylation is 1. The summed E-state index contributed by atoms with van der Waals surface area (Å²) in [7, 11) is 0. The van der Waals surface area contributed by atoms with Crippen molar-refractivity contribution >= 4 is 11.6 Å². The summed E-state index contributed by atoms with van der Waals surface area (Å²) in [5, 5.41) is 2.81. The van der Waals surface area contributed by atoms with Gasteiger partial charge in [-0.2, -0.15) is 0 Å². The number of H-pyrrole nitrogens is 1. The number of amides is 1. The van der Waals surface area contributed by atoms with E-state index in [0.29, 0.717) is 28.7 Å². The molecule has 8 heteroatoms. The van der Waals surface area contributed by atoms with Gasteiger partial charge in [0, 0.05) is 23.7 Å². The second kappa shape index (κ2) is 9.00. The van der Waals surface area contributed by atoms with E-state index in [1.807, 2.05) is 36.4 Å². The minimum Gasteiger partial charge on any atom is -0.455 e. The average Bonchev–Trinajstić information content (AvgIpc) is 2.79. The first-order valence-electron chi connectivity index (χ1n) is 9.59. The lowest BCUT2D eigenvalue weighted by Crippen LogP contribution is -2.24. The lowest BCUT2D eigenvalue weighted by molar-refractivity contribution is -0.115.